The second-order valence-corrected chi connectivity index (χ2v) is 6.94. The standard InChI is InChI=1S/C20H23N3O/c1-23-9-3-5-15-10-14(6-7-19(15)23)12-22-20(24)18-11-17(18)16-4-2-8-21-13-16/h2,4,6-8,10,13,17-18H,3,5,9,11-12H2,1H3,(H,22,24)/t17-,18+/m1/s1. The van der Waals surface area contributed by atoms with Gasteiger partial charge in [0.2, 0.25) is 5.91 Å². The monoisotopic (exact) mass is 321 g/mol. The topological polar surface area (TPSA) is 45.2 Å². The minimum absolute atomic E-state index is 0.109. The van der Waals surface area contributed by atoms with Crippen molar-refractivity contribution < 1.29 is 4.79 Å². The van der Waals surface area contributed by atoms with Crippen molar-refractivity contribution in [3.63, 3.8) is 0 Å². The SMILES string of the molecule is CN1CCCc2cc(CNC(=O)[C@H]3C[C@@H]3c3cccnc3)ccc21. The van der Waals surface area contributed by atoms with Crippen molar-refractivity contribution >= 4 is 11.6 Å². The molecule has 1 aliphatic carbocycles. The van der Waals surface area contributed by atoms with E-state index in [1.54, 1.807) is 6.20 Å². The normalized spacial score (nSPS) is 22.0. The van der Waals surface area contributed by atoms with E-state index in [1.807, 2.05) is 12.3 Å². The van der Waals surface area contributed by atoms with Crippen LogP contribution in [0.4, 0.5) is 5.69 Å². The van der Waals surface area contributed by atoms with Crippen LogP contribution in [-0.4, -0.2) is 24.5 Å². The Morgan fingerprint density at radius 3 is 3.12 bits per heavy atom. The summed E-state index contributed by atoms with van der Waals surface area (Å²) in [6.07, 6.45) is 6.92. The number of aromatic nitrogens is 1. The number of hydrogen-bond acceptors (Lipinski definition) is 3. The van der Waals surface area contributed by atoms with Crippen molar-refractivity contribution in [1.82, 2.24) is 10.3 Å². The molecule has 2 heterocycles. The van der Waals surface area contributed by atoms with Gasteiger partial charge in [-0.2, -0.15) is 0 Å². The van der Waals surface area contributed by atoms with Gasteiger partial charge in [0, 0.05) is 44.1 Å². The Hall–Kier alpha value is -2.36. The average molecular weight is 321 g/mol. The summed E-state index contributed by atoms with van der Waals surface area (Å²) in [7, 11) is 2.14. The number of carbonyl (C=O) groups is 1. The second kappa shape index (κ2) is 6.27. The van der Waals surface area contributed by atoms with E-state index >= 15 is 0 Å². The number of aryl methyl sites for hydroxylation is 1. The fourth-order valence-corrected chi connectivity index (χ4v) is 3.72. The van der Waals surface area contributed by atoms with Crippen LogP contribution in [0.3, 0.4) is 0 Å². The summed E-state index contributed by atoms with van der Waals surface area (Å²) in [6, 6.07) is 10.6. The van der Waals surface area contributed by atoms with Crippen LogP contribution in [0.25, 0.3) is 0 Å². The van der Waals surface area contributed by atoms with Crippen LogP contribution in [0.5, 0.6) is 0 Å². The van der Waals surface area contributed by atoms with E-state index in [2.05, 4.69) is 46.5 Å². The third-order valence-electron chi connectivity index (χ3n) is 5.20. The number of benzene rings is 1. The molecule has 1 fully saturated rings. The second-order valence-electron chi connectivity index (χ2n) is 6.94. The molecule has 1 aromatic heterocycles. The Labute approximate surface area is 142 Å². The quantitative estimate of drug-likeness (QED) is 0.942. The molecule has 2 aromatic rings. The predicted molar refractivity (Wildman–Crippen MR) is 95.0 cm³/mol. The van der Waals surface area contributed by atoms with Gasteiger partial charge in [-0.25, -0.2) is 0 Å². The lowest BCUT2D eigenvalue weighted by Gasteiger charge is -2.27. The maximum absolute atomic E-state index is 12.4. The van der Waals surface area contributed by atoms with Crippen molar-refractivity contribution in [3.05, 3.63) is 59.4 Å². The first-order valence-electron chi connectivity index (χ1n) is 8.73. The van der Waals surface area contributed by atoms with Crippen molar-refractivity contribution in [2.45, 2.75) is 31.7 Å². The van der Waals surface area contributed by atoms with Crippen molar-refractivity contribution in [1.29, 1.82) is 0 Å². The highest BCUT2D eigenvalue weighted by Crippen LogP contribution is 2.47. The molecule has 4 nitrogen and oxygen atoms in total. The highest BCUT2D eigenvalue weighted by atomic mass is 16.2. The van der Waals surface area contributed by atoms with Crippen LogP contribution < -0.4 is 10.2 Å². The van der Waals surface area contributed by atoms with Gasteiger partial charge in [0.05, 0.1) is 0 Å². The van der Waals surface area contributed by atoms with Gasteiger partial charge >= 0.3 is 0 Å². The predicted octanol–water partition coefficient (Wildman–Crippen LogP) is 2.88. The molecule has 1 aromatic carbocycles. The molecule has 24 heavy (non-hydrogen) atoms. The number of nitrogens with one attached hydrogen (secondary N) is 1. The Bertz CT molecular complexity index is 744. The Morgan fingerprint density at radius 1 is 1.38 bits per heavy atom. The van der Waals surface area contributed by atoms with Gasteiger partial charge in [-0.15, -0.1) is 0 Å². The number of fused-ring (bicyclic) bond motifs is 1. The number of hydrogen-bond donors (Lipinski definition) is 1. The van der Waals surface area contributed by atoms with E-state index in [-0.39, 0.29) is 11.8 Å². The molecule has 0 bridgehead atoms. The van der Waals surface area contributed by atoms with Crippen LogP contribution >= 0.6 is 0 Å². The minimum atomic E-state index is 0.109. The summed E-state index contributed by atoms with van der Waals surface area (Å²) in [6.45, 7) is 1.74. The first-order chi connectivity index (χ1) is 11.7. The summed E-state index contributed by atoms with van der Waals surface area (Å²) in [5.74, 6) is 0.618. The number of anilines is 1. The van der Waals surface area contributed by atoms with E-state index in [1.165, 1.54) is 28.8 Å². The molecule has 4 heteroatoms. The maximum Gasteiger partial charge on any atom is 0.224 e. The smallest absolute Gasteiger partial charge is 0.224 e. The van der Waals surface area contributed by atoms with Gasteiger partial charge in [-0.3, -0.25) is 9.78 Å². The average Bonchev–Trinajstić information content (AvgIpc) is 3.41. The fraction of sp³-hybridized carbons (Fsp3) is 0.400. The van der Waals surface area contributed by atoms with E-state index in [4.69, 9.17) is 0 Å². The number of carbonyl (C=O) groups excluding carboxylic acids is 1. The third-order valence-corrected chi connectivity index (χ3v) is 5.20. The third kappa shape index (κ3) is 3.01. The summed E-state index contributed by atoms with van der Waals surface area (Å²) < 4.78 is 0. The highest BCUT2D eigenvalue weighted by molar-refractivity contribution is 5.82. The fourth-order valence-electron chi connectivity index (χ4n) is 3.72. The van der Waals surface area contributed by atoms with Crippen molar-refractivity contribution in [3.8, 4) is 0 Å². The molecular formula is C20H23N3O. The van der Waals surface area contributed by atoms with Crippen LogP contribution in [0.15, 0.2) is 42.7 Å². The molecule has 2 atom stereocenters. The largest absolute Gasteiger partial charge is 0.374 e. The molecule has 1 aliphatic heterocycles. The van der Waals surface area contributed by atoms with E-state index < -0.39 is 0 Å². The molecule has 0 unspecified atom stereocenters. The number of amides is 1. The zero-order chi connectivity index (χ0) is 16.5. The minimum Gasteiger partial charge on any atom is -0.374 e. The molecule has 1 N–H and O–H groups in total. The molecule has 4 rings (SSSR count). The van der Waals surface area contributed by atoms with Crippen LogP contribution in [0.2, 0.25) is 0 Å². The lowest BCUT2D eigenvalue weighted by molar-refractivity contribution is -0.122. The van der Waals surface area contributed by atoms with Gasteiger partial charge in [0.1, 0.15) is 0 Å². The summed E-state index contributed by atoms with van der Waals surface area (Å²) >= 11 is 0. The Balaban J connectivity index is 1.35. The van der Waals surface area contributed by atoms with E-state index in [0.29, 0.717) is 12.5 Å². The number of rotatable bonds is 4. The summed E-state index contributed by atoms with van der Waals surface area (Å²) in [5, 5.41) is 3.11. The van der Waals surface area contributed by atoms with Gasteiger partial charge in [0.15, 0.2) is 0 Å². The lowest BCUT2D eigenvalue weighted by Crippen LogP contribution is -2.26. The zero-order valence-electron chi connectivity index (χ0n) is 14.0. The van der Waals surface area contributed by atoms with Crippen LogP contribution in [0, 0.1) is 5.92 Å². The van der Waals surface area contributed by atoms with Crippen LogP contribution in [0.1, 0.15) is 35.4 Å². The van der Waals surface area contributed by atoms with Gasteiger partial charge in [-0.1, -0.05) is 18.2 Å². The number of nitrogens with zero attached hydrogens (tertiary/aromatic N) is 2. The van der Waals surface area contributed by atoms with Crippen molar-refractivity contribution in [2.75, 3.05) is 18.5 Å². The molecule has 2 aliphatic rings. The first kappa shape index (κ1) is 15.2. The molecule has 124 valence electrons. The number of pyridine rings is 1. The molecule has 0 saturated heterocycles. The van der Waals surface area contributed by atoms with E-state index in [0.717, 1.165) is 19.4 Å². The van der Waals surface area contributed by atoms with E-state index in [9.17, 15) is 4.79 Å². The molecule has 1 amide bonds. The highest BCUT2D eigenvalue weighted by Gasteiger charge is 2.43. The zero-order valence-corrected chi connectivity index (χ0v) is 14.0. The van der Waals surface area contributed by atoms with Gasteiger partial charge < -0.3 is 10.2 Å². The van der Waals surface area contributed by atoms with Gasteiger partial charge in [0.25, 0.3) is 0 Å². The Kier molecular flexibility index (Phi) is 3.97. The first-order valence-corrected chi connectivity index (χ1v) is 8.73. The van der Waals surface area contributed by atoms with Gasteiger partial charge in [-0.05, 0) is 54.0 Å². The Morgan fingerprint density at radius 2 is 2.29 bits per heavy atom. The van der Waals surface area contributed by atoms with Crippen LogP contribution in [-0.2, 0) is 17.8 Å². The maximum atomic E-state index is 12.4. The molecular weight excluding hydrogens is 298 g/mol. The summed E-state index contributed by atoms with van der Waals surface area (Å²) in [5.41, 5.74) is 5.09. The molecule has 1 saturated carbocycles. The molecule has 0 spiro atoms. The summed E-state index contributed by atoms with van der Waals surface area (Å²) in [4.78, 5) is 18.8. The lowest BCUT2D eigenvalue weighted by atomic mass is 9.99. The molecule has 0 radical (unpaired) electrons. The van der Waals surface area contributed by atoms with Crippen molar-refractivity contribution in [2.24, 2.45) is 5.92 Å².